The summed E-state index contributed by atoms with van der Waals surface area (Å²) in [6.45, 7) is 0.0852. The second kappa shape index (κ2) is 11.0. The largest absolute Gasteiger partial charge is 0.480 e. The van der Waals surface area contributed by atoms with Crippen LogP contribution in [0.3, 0.4) is 0 Å². The van der Waals surface area contributed by atoms with Gasteiger partial charge in [-0.25, -0.2) is 9.59 Å². The molecule has 2 aliphatic heterocycles. The van der Waals surface area contributed by atoms with Crippen molar-refractivity contribution in [2.24, 2.45) is 0 Å². The van der Waals surface area contributed by atoms with Crippen LogP contribution in [0.4, 0.5) is 4.79 Å². The van der Waals surface area contributed by atoms with Crippen LogP contribution in [0.2, 0.25) is 0 Å². The number of amides is 3. The minimum Gasteiger partial charge on any atom is -0.480 e. The Morgan fingerprint density at radius 2 is 1.60 bits per heavy atom. The number of aliphatic carboxylic acids is 1. The fourth-order valence-corrected chi connectivity index (χ4v) is 4.69. The number of carboxylic acids is 1. The Labute approximate surface area is 203 Å². The van der Waals surface area contributed by atoms with Gasteiger partial charge in [0.25, 0.3) is 5.91 Å². The Morgan fingerprint density at radius 1 is 0.943 bits per heavy atom. The highest BCUT2D eigenvalue weighted by atomic mass is 16.6. The zero-order valence-corrected chi connectivity index (χ0v) is 19.3. The maximum atomic E-state index is 13.5. The lowest BCUT2D eigenvalue weighted by Gasteiger charge is -2.46. The van der Waals surface area contributed by atoms with Crippen LogP contribution in [-0.4, -0.2) is 70.0 Å². The molecule has 2 heterocycles. The van der Waals surface area contributed by atoms with E-state index in [1.165, 1.54) is 9.80 Å². The van der Waals surface area contributed by atoms with E-state index in [1.807, 2.05) is 30.3 Å². The van der Waals surface area contributed by atoms with E-state index in [0.29, 0.717) is 24.8 Å². The Bertz CT molecular complexity index is 1060. The monoisotopic (exact) mass is 479 g/mol. The molecular formula is C26H29N3O6. The minimum absolute atomic E-state index is 0.0782. The summed E-state index contributed by atoms with van der Waals surface area (Å²) in [4.78, 5) is 53.9. The SMILES string of the molecule is O=C(N[C@H]1CCCC[C@H]2CN(C(=O)OCc3ccccc3)C[C@@H](C(=O)O)N2C1=O)c1ccccc1. The lowest BCUT2D eigenvalue weighted by molar-refractivity contribution is -0.158. The molecule has 2 fully saturated rings. The Kier molecular flexibility index (Phi) is 7.64. The molecule has 184 valence electrons. The lowest BCUT2D eigenvalue weighted by Crippen LogP contribution is -2.67. The molecular weight excluding hydrogens is 450 g/mol. The van der Waals surface area contributed by atoms with Crippen molar-refractivity contribution < 1.29 is 29.0 Å². The molecule has 0 saturated carbocycles. The van der Waals surface area contributed by atoms with Gasteiger partial charge in [0.05, 0.1) is 12.6 Å². The van der Waals surface area contributed by atoms with Gasteiger partial charge >= 0.3 is 12.1 Å². The predicted molar refractivity (Wildman–Crippen MR) is 126 cm³/mol. The summed E-state index contributed by atoms with van der Waals surface area (Å²) in [6.07, 6.45) is 1.83. The number of carbonyl (C=O) groups excluding carboxylic acids is 3. The van der Waals surface area contributed by atoms with E-state index in [0.717, 1.165) is 12.0 Å². The maximum Gasteiger partial charge on any atom is 0.410 e. The number of carbonyl (C=O) groups is 4. The number of ether oxygens (including phenoxy) is 1. The molecule has 2 N–H and O–H groups in total. The molecule has 0 unspecified atom stereocenters. The van der Waals surface area contributed by atoms with Gasteiger partial charge in [0.15, 0.2) is 0 Å². The van der Waals surface area contributed by atoms with Gasteiger partial charge in [0.2, 0.25) is 5.91 Å². The first-order valence-electron chi connectivity index (χ1n) is 11.8. The van der Waals surface area contributed by atoms with Gasteiger partial charge in [0, 0.05) is 12.1 Å². The number of benzene rings is 2. The minimum atomic E-state index is -1.22. The molecule has 35 heavy (non-hydrogen) atoms. The number of piperazine rings is 1. The standard InChI is InChI=1S/C26H29N3O6/c30-23(19-11-5-2-6-12-19)27-21-14-8-7-13-20-15-28(16-22(25(32)33)29(20)24(21)31)26(34)35-17-18-9-3-1-4-10-18/h1-6,9-12,20-22H,7-8,13-17H2,(H,27,30)(H,32,33)/t20-,21-,22-/m0/s1. The van der Waals surface area contributed by atoms with E-state index in [-0.39, 0.29) is 25.6 Å². The molecule has 0 aliphatic carbocycles. The summed E-state index contributed by atoms with van der Waals surface area (Å²) in [7, 11) is 0. The lowest BCUT2D eigenvalue weighted by atomic mass is 9.94. The Balaban J connectivity index is 1.48. The predicted octanol–water partition coefficient (Wildman–Crippen LogP) is 2.66. The fourth-order valence-electron chi connectivity index (χ4n) is 4.69. The van der Waals surface area contributed by atoms with E-state index in [1.54, 1.807) is 30.3 Å². The smallest absolute Gasteiger partial charge is 0.410 e. The first kappa shape index (κ1) is 24.3. The van der Waals surface area contributed by atoms with Crippen LogP contribution in [0.5, 0.6) is 0 Å². The first-order valence-corrected chi connectivity index (χ1v) is 11.8. The van der Waals surface area contributed by atoms with Crippen LogP contribution in [0, 0.1) is 0 Å². The molecule has 0 spiro atoms. The molecule has 9 heteroatoms. The number of hydrogen-bond acceptors (Lipinski definition) is 5. The number of nitrogens with zero attached hydrogens (tertiary/aromatic N) is 2. The second-order valence-electron chi connectivity index (χ2n) is 8.88. The van der Waals surface area contributed by atoms with Crippen LogP contribution in [0.15, 0.2) is 60.7 Å². The highest BCUT2D eigenvalue weighted by Gasteiger charge is 2.45. The first-order chi connectivity index (χ1) is 16.9. The Hall–Kier alpha value is -3.88. The second-order valence-corrected chi connectivity index (χ2v) is 8.88. The van der Waals surface area contributed by atoms with Crippen molar-refractivity contribution >= 4 is 23.9 Å². The van der Waals surface area contributed by atoms with E-state index >= 15 is 0 Å². The van der Waals surface area contributed by atoms with Crippen LogP contribution in [0.1, 0.15) is 41.6 Å². The van der Waals surface area contributed by atoms with Gasteiger partial charge in [-0.15, -0.1) is 0 Å². The van der Waals surface area contributed by atoms with Gasteiger partial charge in [-0.1, -0.05) is 61.4 Å². The van der Waals surface area contributed by atoms with Gasteiger partial charge in [0.1, 0.15) is 18.7 Å². The summed E-state index contributed by atoms with van der Waals surface area (Å²) in [5, 5.41) is 12.7. The van der Waals surface area contributed by atoms with Gasteiger partial charge in [-0.2, -0.15) is 0 Å². The van der Waals surface area contributed by atoms with E-state index < -0.39 is 36.1 Å². The number of rotatable bonds is 5. The number of nitrogens with one attached hydrogen (secondary N) is 1. The van der Waals surface area contributed by atoms with Gasteiger partial charge in [-0.3, -0.25) is 9.59 Å². The van der Waals surface area contributed by atoms with Crippen molar-refractivity contribution in [2.75, 3.05) is 13.1 Å². The van der Waals surface area contributed by atoms with E-state index in [2.05, 4.69) is 5.32 Å². The molecule has 2 aliphatic rings. The highest BCUT2D eigenvalue weighted by molar-refractivity contribution is 5.98. The van der Waals surface area contributed by atoms with Crippen molar-refractivity contribution in [1.82, 2.24) is 15.1 Å². The Morgan fingerprint density at radius 3 is 2.29 bits per heavy atom. The average Bonchev–Trinajstić information content (AvgIpc) is 2.88. The van der Waals surface area contributed by atoms with Crippen molar-refractivity contribution in [3.8, 4) is 0 Å². The van der Waals surface area contributed by atoms with Crippen molar-refractivity contribution in [3.63, 3.8) is 0 Å². The zero-order valence-electron chi connectivity index (χ0n) is 19.3. The van der Waals surface area contributed by atoms with E-state index in [9.17, 15) is 24.3 Å². The molecule has 2 aromatic rings. The molecule has 4 rings (SSSR count). The third-order valence-electron chi connectivity index (χ3n) is 6.48. The average molecular weight is 480 g/mol. The topological polar surface area (TPSA) is 116 Å². The number of hydrogen-bond donors (Lipinski definition) is 2. The normalized spacial score (nSPS) is 22.4. The molecule has 0 bridgehead atoms. The third-order valence-corrected chi connectivity index (χ3v) is 6.48. The number of fused-ring (bicyclic) bond motifs is 1. The maximum absolute atomic E-state index is 13.5. The summed E-state index contributed by atoms with van der Waals surface area (Å²) in [5.41, 5.74) is 1.26. The summed E-state index contributed by atoms with van der Waals surface area (Å²) >= 11 is 0. The molecule has 2 aromatic carbocycles. The molecule has 3 amide bonds. The molecule has 2 saturated heterocycles. The van der Waals surface area contributed by atoms with Crippen LogP contribution >= 0.6 is 0 Å². The quantitative estimate of drug-likeness (QED) is 0.681. The molecule has 3 atom stereocenters. The van der Waals surface area contributed by atoms with Crippen molar-refractivity contribution in [1.29, 1.82) is 0 Å². The summed E-state index contributed by atoms with van der Waals surface area (Å²) in [5.74, 6) is -2.00. The fraction of sp³-hybridized carbons (Fsp3) is 0.385. The summed E-state index contributed by atoms with van der Waals surface area (Å²) in [6, 6.07) is 15.3. The highest BCUT2D eigenvalue weighted by Crippen LogP contribution is 2.26. The molecule has 0 aromatic heterocycles. The number of carboxylic acid groups (broad SMARTS) is 1. The van der Waals surface area contributed by atoms with Gasteiger partial charge in [-0.05, 0) is 30.5 Å². The van der Waals surface area contributed by atoms with Crippen LogP contribution < -0.4 is 5.32 Å². The molecule has 0 radical (unpaired) electrons. The zero-order chi connectivity index (χ0) is 24.8. The van der Waals surface area contributed by atoms with Crippen molar-refractivity contribution in [2.45, 2.75) is 50.4 Å². The molecule has 9 nitrogen and oxygen atoms in total. The van der Waals surface area contributed by atoms with Crippen molar-refractivity contribution in [3.05, 3.63) is 71.8 Å². The van der Waals surface area contributed by atoms with Gasteiger partial charge < -0.3 is 25.0 Å². The van der Waals surface area contributed by atoms with Crippen LogP contribution in [-0.2, 0) is 20.9 Å². The third kappa shape index (κ3) is 5.79. The van der Waals surface area contributed by atoms with E-state index in [4.69, 9.17) is 4.74 Å². The van der Waals surface area contributed by atoms with Crippen LogP contribution in [0.25, 0.3) is 0 Å². The summed E-state index contributed by atoms with van der Waals surface area (Å²) < 4.78 is 5.41.